The molecular weight excluding hydrogens is 260 g/mol. The van der Waals surface area contributed by atoms with Crippen LogP contribution in [0.15, 0.2) is 29.8 Å². The van der Waals surface area contributed by atoms with Gasteiger partial charge in [-0.15, -0.1) is 0 Å². The number of likely N-dealkylation sites (N-methyl/N-ethyl adjacent to an activating group) is 1. The van der Waals surface area contributed by atoms with Crippen LogP contribution in [0.3, 0.4) is 0 Å². The summed E-state index contributed by atoms with van der Waals surface area (Å²) in [7, 11) is 4.15. The summed E-state index contributed by atoms with van der Waals surface area (Å²) in [6.45, 7) is 4.96. The van der Waals surface area contributed by atoms with Crippen LogP contribution >= 0.6 is 0 Å². The highest BCUT2D eigenvalue weighted by molar-refractivity contribution is 5.67. The lowest BCUT2D eigenvalue weighted by atomic mass is 10.1. The molecule has 0 heterocycles. The van der Waals surface area contributed by atoms with Crippen molar-refractivity contribution in [3.8, 4) is 0 Å². The average Bonchev–Trinajstić information content (AvgIpc) is 3.29. The highest BCUT2D eigenvalue weighted by atomic mass is 16.5. The van der Waals surface area contributed by atoms with E-state index in [2.05, 4.69) is 55.5 Å². The Kier molecular flexibility index (Phi) is 6.12. The molecule has 3 nitrogen and oxygen atoms in total. The summed E-state index contributed by atoms with van der Waals surface area (Å²) in [5.74, 6) is 1.11. The topological polar surface area (TPSA) is 24.5 Å². The first-order chi connectivity index (χ1) is 10.2. The van der Waals surface area contributed by atoms with Crippen LogP contribution in [0.1, 0.15) is 38.2 Å². The van der Waals surface area contributed by atoms with Crippen LogP contribution in [0.4, 0.5) is 5.69 Å². The second-order valence-corrected chi connectivity index (χ2v) is 5.94. The maximum atomic E-state index is 6.02. The fraction of sp³-hybridized carbons (Fsp3) is 0.556. The molecule has 0 unspecified atom stereocenters. The van der Waals surface area contributed by atoms with E-state index in [-0.39, 0.29) is 0 Å². The summed E-state index contributed by atoms with van der Waals surface area (Å²) in [4.78, 5) is 2.15. The molecule has 21 heavy (non-hydrogen) atoms. The van der Waals surface area contributed by atoms with E-state index in [1.54, 1.807) is 0 Å². The van der Waals surface area contributed by atoms with Crippen LogP contribution in [0.5, 0.6) is 0 Å². The SMILES string of the molecule is CCCCNc1ccc(C(OCCN(C)C)=C2CC2)cc1. The normalized spacial score (nSPS) is 13.4. The molecular formula is C18H28N2O. The zero-order chi connectivity index (χ0) is 15.1. The molecule has 0 aromatic heterocycles. The number of allylic oxidation sites excluding steroid dienone is 1. The maximum Gasteiger partial charge on any atom is 0.125 e. The molecule has 0 radical (unpaired) electrons. The Labute approximate surface area is 129 Å². The standard InChI is InChI=1S/C18H28N2O/c1-4-5-12-19-17-10-8-16(9-11-17)18(15-6-7-15)21-14-13-20(2)3/h8-11,19H,4-7,12-14H2,1-3H3. The number of nitrogens with zero attached hydrogens (tertiary/aromatic N) is 1. The number of nitrogens with one attached hydrogen (secondary N) is 1. The van der Waals surface area contributed by atoms with Gasteiger partial charge in [0.05, 0.1) is 0 Å². The predicted molar refractivity (Wildman–Crippen MR) is 90.5 cm³/mol. The third kappa shape index (κ3) is 5.43. The quantitative estimate of drug-likeness (QED) is 0.549. The van der Waals surface area contributed by atoms with Gasteiger partial charge in [0.1, 0.15) is 12.4 Å². The van der Waals surface area contributed by atoms with Crippen LogP contribution in [0, 0.1) is 0 Å². The van der Waals surface area contributed by atoms with Crippen molar-refractivity contribution in [3.63, 3.8) is 0 Å². The molecule has 116 valence electrons. The van der Waals surface area contributed by atoms with Gasteiger partial charge >= 0.3 is 0 Å². The van der Waals surface area contributed by atoms with Gasteiger partial charge in [-0.25, -0.2) is 0 Å². The molecule has 0 saturated heterocycles. The van der Waals surface area contributed by atoms with Crippen molar-refractivity contribution < 1.29 is 4.74 Å². The first-order valence-corrected chi connectivity index (χ1v) is 8.04. The van der Waals surface area contributed by atoms with E-state index in [0.717, 1.165) is 25.5 Å². The van der Waals surface area contributed by atoms with Crippen molar-refractivity contribution in [2.24, 2.45) is 0 Å². The Morgan fingerprint density at radius 1 is 1.19 bits per heavy atom. The summed E-state index contributed by atoms with van der Waals surface area (Å²) in [5, 5.41) is 3.45. The molecule has 1 N–H and O–H groups in total. The number of rotatable bonds is 9. The van der Waals surface area contributed by atoms with Gasteiger partial charge in [-0.2, -0.15) is 0 Å². The molecule has 2 rings (SSSR count). The zero-order valence-corrected chi connectivity index (χ0v) is 13.6. The minimum absolute atomic E-state index is 0.752. The van der Waals surface area contributed by atoms with Gasteiger partial charge in [-0.1, -0.05) is 13.3 Å². The Hall–Kier alpha value is -1.48. The maximum absolute atomic E-state index is 6.02. The van der Waals surface area contributed by atoms with E-state index >= 15 is 0 Å². The lowest BCUT2D eigenvalue weighted by Crippen LogP contribution is -2.17. The monoisotopic (exact) mass is 288 g/mol. The van der Waals surface area contributed by atoms with Crippen molar-refractivity contribution in [1.29, 1.82) is 0 Å². The summed E-state index contributed by atoms with van der Waals surface area (Å²) >= 11 is 0. The van der Waals surface area contributed by atoms with Gasteiger partial charge in [0.2, 0.25) is 0 Å². The number of unbranched alkanes of at least 4 members (excludes halogenated alkanes) is 1. The fourth-order valence-corrected chi connectivity index (χ4v) is 2.16. The molecule has 1 aromatic carbocycles. The minimum atomic E-state index is 0.752. The van der Waals surface area contributed by atoms with Crippen molar-refractivity contribution >= 4 is 11.4 Å². The van der Waals surface area contributed by atoms with Crippen LogP contribution in [0.25, 0.3) is 5.76 Å². The van der Waals surface area contributed by atoms with Crippen LogP contribution in [-0.2, 0) is 4.74 Å². The van der Waals surface area contributed by atoms with Gasteiger partial charge in [0.15, 0.2) is 0 Å². The second-order valence-electron chi connectivity index (χ2n) is 5.94. The van der Waals surface area contributed by atoms with E-state index in [4.69, 9.17) is 4.74 Å². The van der Waals surface area contributed by atoms with Crippen LogP contribution < -0.4 is 5.32 Å². The molecule has 0 amide bonds. The van der Waals surface area contributed by atoms with E-state index in [1.165, 1.54) is 42.5 Å². The van der Waals surface area contributed by atoms with Gasteiger partial charge in [-0.3, -0.25) is 0 Å². The van der Waals surface area contributed by atoms with E-state index in [9.17, 15) is 0 Å². The molecule has 1 saturated carbocycles. The number of anilines is 1. The second kappa shape index (κ2) is 8.08. The van der Waals surface area contributed by atoms with E-state index < -0.39 is 0 Å². The third-order valence-corrected chi connectivity index (χ3v) is 3.61. The summed E-state index contributed by atoms with van der Waals surface area (Å²) in [5.41, 5.74) is 3.86. The van der Waals surface area contributed by atoms with Crippen LogP contribution in [-0.4, -0.2) is 38.7 Å². The Morgan fingerprint density at radius 2 is 1.90 bits per heavy atom. The van der Waals surface area contributed by atoms with Crippen molar-refractivity contribution in [1.82, 2.24) is 4.90 Å². The lowest BCUT2D eigenvalue weighted by molar-refractivity contribution is 0.231. The lowest BCUT2D eigenvalue weighted by Gasteiger charge is -2.14. The Balaban J connectivity index is 1.93. The highest BCUT2D eigenvalue weighted by Gasteiger charge is 2.20. The smallest absolute Gasteiger partial charge is 0.125 e. The first-order valence-electron chi connectivity index (χ1n) is 8.04. The molecule has 0 bridgehead atoms. The molecule has 0 atom stereocenters. The number of hydrogen-bond donors (Lipinski definition) is 1. The number of hydrogen-bond acceptors (Lipinski definition) is 3. The fourth-order valence-electron chi connectivity index (χ4n) is 2.16. The first kappa shape index (κ1) is 15.9. The molecule has 0 spiro atoms. The zero-order valence-electron chi connectivity index (χ0n) is 13.6. The van der Waals surface area contributed by atoms with Gasteiger partial charge in [-0.05, 0) is 63.2 Å². The molecule has 1 aliphatic carbocycles. The molecule has 1 fully saturated rings. The van der Waals surface area contributed by atoms with Gasteiger partial charge < -0.3 is 15.0 Å². The average molecular weight is 288 g/mol. The predicted octanol–water partition coefficient (Wildman–Crippen LogP) is 3.98. The molecule has 0 aliphatic heterocycles. The minimum Gasteiger partial charge on any atom is -0.492 e. The van der Waals surface area contributed by atoms with Crippen molar-refractivity contribution in [2.75, 3.05) is 39.1 Å². The number of benzene rings is 1. The van der Waals surface area contributed by atoms with Crippen molar-refractivity contribution in [3.05, 3.63) is 35.4 Å². The summed E-state index contributed by atoms with van der Waals surface area (Å²) in [6.07, 6.45) is 4.81. The Morgan fingerprint density at radius 3 is 2.48 bits per heavy atom. The largest absolute Gasteiger partial charge is 0.492 e. The highest BCUT2D eigenvalue weighted by Crippen LogP contribution is 2.37. The van der Waals surface area contributed by atoms with Gasteiger partial charge in [0, 0.05) is 24.3 Å². The molecule has 1 aromatic rings. The van der Waals surface area contributed by atoms with Gasteiger partial charge in [0.25, 0.3) is 0 Å². The molecule has 3 heteroatoms. The van der Waals surface area contributed by atoms with Crippen LogP contribution in [0.2, 0.25) is 0 Å². The summed E-state index contributed by atoms with van der Waals surface area (Å²) < 4.78 is 6.02. The van der Waals surface area contributed by atoms with E-state index in [0.29, 0.717) is 0 Å². The van der Waals surface area contributed by atoms with Crippen molar-refractivity contribution in [2.45, 2.75) is 32.6 Å². The Bertz CT molecular complexity index is 457. The number of ether oxygens (including phenoxy) is 1. The third-order valence-electron chi connectivity index (χ3n) is 3.61. The summed E-state index contributed by atoms with van der Waals surface area (Å²) in [6, 6.07) is 8.65. The molecule has 1 aliphatic rings. The van der Waals surface area contributed by atoms with E-state index in [1.807, 2.05) is 0 Å².